The molecule has 152 valence electrons. The van der Waals surface area contributed by atoms with Crippen LogP contribution >= 0.6 is 27.5 Å². The molecule has 0 fully saturated rings. The Hall–Kier alpha value is -2.30. The van der Waals surface area contributed by atoms with Crippen molar-refractivity contribution in [2.45, 2.75) is 38.5 Å². The van der Waals surface area contributed by atoms with Gasteiger partial charge in [0.2, 0.25) is 6.23 Å². The van der Waals surface area contributed by atoms with E-state index in [4.69, 9.17) is 21.4 Å². The highest BCUT2D eigenvalue weighted by molar-refractivity contribution is 9.10. The predicted octanol–water partition coefficient (Wildman–Crippen LogP) is 7.47. The van der Waals surface area contributed by atoms with Crippen LogP contribution in [0.4, 0.5) is 0 Å². The molecule has 0 aromatic heterocycles. The van der Waals surface area contributed by atoms with E-state index in [0.29, 0.717) is 5.92 Å². The van der Waals surface area contributed by atoms with Crippen molar-refractivity contribution in [2.75, 3.05) is 0 Å². The summed E-state index contributed by atoms with van der Waals surface area (Å²) in [4.78, 5) is 0. The molecule has 0 N–H and O–H groups in total. The molecule has 5 rings (SSSR count). The summed E-state index contributed by atoms with van der Waals surface area (Å²) >= 11 is 9.70. The van der Waals surface area contributed by atoms with Crippen LogP contribution in [-0.2, 0) is 0 Å². The van der Waals surface area contributed by atoms with E-state index in [9.17, 15) is 0 Å². The van der Waals surface area contributed by atoms with Crippen LogP contribution in [0.15, 0.2) is 76.3 Å². The van der Waals surface area contributed by atoms with Gasteiger partial charge in [-0.05, 0) is 47.4 Å². The molecule has 0 unspecified atom stereocenters. The van der Waals surface area contributed by atoms with Crippen molar-refractivity contribution in [3.63, 3.8) is 0 Å². The lowest BCUT2D eigenvalue weighted by Crippen LogP contribution is -2.33. The molecule has 3 nitrogen and oxygen atoms in total. The Morgan fingerprint density at radius 2 is 1.77 bits per heavy atom. The zero-order valence-electron chi connectivity index (χ0n) is 16.8. The lowest BCUT2D eigenvalue weighted by Gasteiger charge is -2.38. The molecule has 0 spiro atoms. The van der Waals surface area contributed by atoms with Crippen LogP contribution in [0.2, 0.25) is 5.02 Å². The summed E-state index contributed by atoms with van der Waals surface area (Å²) in [5, 5.41) is 7.87. The van der Waals surface area contributed by atoms with Crippen LogP contribution in [0.5, 0.6) is 5.75 Å². The summed E-state index contributed by atoms with van der Waals surface area (Å²) < 4.78 is 7.51. The van der Waals surface area contributed by atoms with E-state index in [1.54, 1.807) is 0 Å². The largest absolute Gasteiger partial charge is 0.464 e. The monoisotopic (exact) mass is 480 g/mol. The third-order valence-electron chi connectivity index (χ3n) is 5.82. The molecule has 30 heavy (non-hydrogen) atoms. The van der Waals surface area contributed by atoms with Crippen molar-refractivity contribution in [1.29, 1.82) is 0 Å². The lowest BCUT2D eigenvalue weighted by molar-refractivity contribution is -0.0190. The Labute approximate surface area is 190 Å². The summed E-state index contributed by atoms with van der Waals surface area (Å²) in [5.74, 6) is 1.42. The number of rotatable bonds is 3. The standard InChI is InChI=1S/C25H22BrClN2O/c1-15(2)16-3-5-18(6-4-16)25-29-23(21-13-19(26)9-12-24(21)30-25)14-22(28-29)17-7-10-20(27)11-8-17/h3-13,15,23,25H,14H2,1-2H3/t23-,25-/m1/s1. The molecule has 5 heteroatoms. The van der Waals surface area contributed by atoms with Crippen molar-refractivity contribution in [3.8, 4) is 5.75 Å². The van der Waals surface area contributed by atoms with Gasteiger partial charge in [-0.3, -0.25) is 0 Å². The lowest BCUT2D eigenvalue weighted by atomic mass is 9.95. The second-order valence-electron chi connectivity index (χ2n) is 8.13. The first-order valence-electron chi connectivity index (χ1n) is 10.2. The first kappa shape index (κ1) is 19.7. The number of hydrogen-bond acceptors (Lipinski definition) is 3. The summed E-state index contributed by atoms with van der Waals surface area (Å²) in [6.07, 6.45) is 0.573. The van der Waals surface area contributed by atoms with Gasteiger partial charge in [-0.2, -0.15) is 5.10 Å². The maximum atomic E-state index is 6.47. The highest BCUT2D eigenvalue weighted by atomic mass is 79.9. The van der Waals surface area contributed by atoms with Crippen LogP contribution in [0.3, 0.4) is 0 Å². The third-order valence-corrected chi connectivity index (χ3v) is 6.56. The first-order valence-corrected chi connectivity index (χ1v) is 11.3. The van der Waals surface area contributed by atoms with E-state index < -0.39 is 0 Å². The van der Waals surface area contributed by atoms with Crippen molar-refractivity contribution < 1.29 is 4.74 Å². The van der Waals surface area contributed by atoms with Crippen molar-refractivity contribution in [1.82, 2.24) is 5.01 Å². The molecular formula is C25H22BrClN2O. The molecule has 0 aliphatic carbocycles. The van der Waals surface area contributed by atoms with Gasteiger partial charge in [-0.25, -0.2) is 5.01 Å². The fourth-order valence-electron chi connectivity index (χ4n) is 4.14. The molecule has 0 bridgehead atoms. The van der Waals surface area contributed by atoms with Crippen LogP contribution in [0.25, 0.3) is 0 Å². The van der Waals surface area contributed by atoms with Crippen LogP contribution < -0.4 is 4.74 Å². The number of benzene rings is 3. The first-order chi connectivity index (χ1) is 14.5. The van der Waals surface area contributed by atoms with E-state index in [0.717, 1.165) is 44.1 Å². The van der Waals surface area contributed by atoms with Crippen LogP contribution in [0.1, 0.15) is 60.7 Å². The Bertz CT molecular complexity index is 1110. The molecule has 2 aliphatic rings. The average molecular weight is 482 g/mol. The molecule has 0 saturated heterocycles. The van der Waals surface area contributed by atoms with E-state index in [2.05, 4.69) is 65.1 Å². The Kier molecular flexibility index (Phi) is 5.08. The number of nitrogens with zero attached hydrogens (tertiary/aromatic N) is 2. The zero-order chi connectivity index (χ0) is 20.8. The number of ether oxygens (including phenoxy) is 1. The molecule has 0 radical (unpaired) electrons. The predicted molar refractivity (Wildman–Crippen MR) is 125 cm³/mol. The maximum Gasteiger partial charge on any atom is 0.213 e. The average Bonchev–Trinajstić information content (AvgIpc) is 3.19. The van der Waals surface area contributed by atoms with Gasteiger partial charge in [-0.1, -0.05) is 77.8 Å². The summed E-state index contributed by atoms with van der Waals surface area (Å²) in [6.45, 7) is 4.42. The molecule has 2 atom stereocenters. The smallest absolute Gasteiger partial charge is 0.213 e. The van der Waals surface area contributed by atoms with Gasteiger partial charge < -0.3 is 4.74 Å². The summed E-state index contributed by atoms with van der Waals surface area (Å²) in [7, 11) is 0. The maximum absolute atomic E-state index is 6.47. The minimum Gasteiger partial charge on any atom is -0.464 e. The van der Waals surface area contributed by atoms with Gasteiger partial charge in [0.1, 0.15) is 5.75 Å². The van der Waals surface area contributed by atoms with Crippen molar-refractivity contribution in [2.24, 2.45) is 5.10 Å². The number of fused-ring (bicyclic) bond motifs is 3. The molecule has 0 saturated carbocycles. The highest BCUT2D eigenvalue weighted by Crippen LogP contribution is 2.48. The molecular weight excluding hydrogens is 460 g/mol. The van der Waals surface area contributed by atoms with Gasteiger partial charge in [0.15, 0.2) is 0 Å². The summed E-state index contributed by atoms with van der Waals surface area (Å²) in [5.41, 5.74) is 5.74. The molecule has 3 aromatic carbocycles. The van der Waals surface area contributed by atoms with E-state index in [1.165, 1.54) is 5.56 Å². The van der Waals surface area contributed by atoms with Gasteiger partial charge in [-0.15, -0.1) is 0 Å². The van der Waals surface area contributed by atoms with Gasteiger partial charge in [0, 0.05) is 27.0 Å². The fourth-order valence-corrected chi connectivity index (χ4v) is 4.65. The van der Waals surface area contributed by atoms with Gasteiger partial charge in [0.05, 0.1) is 11.8 Å². The molecule has 2 heterocycles. The Balaban J connectivity index is 1.57. The minimum atomic E-state index is -0.255. The van der Waals surface area contributed by atoms with Crippen molar-refractivity contribution in [3.05, 3.63) is 98.5 Å². The minimum absolute atomic E-state index is 0.131. The van der Waals surface area contributed by atoms with Crippen LogP contribution in [-0.4, -0.2) is 10.7 Å². The highest BCUT2D eigenvalue weighted by Gasteiger charge is 2.41. The second kappa shape index (κ2) is 7.75. The van der Waals surface area contributed by atoms with Crippen molar-refractivity contribution >= 4 is 33.2 Å². The Morgan fingerprint density at radius 1 is 1.03 bits per heavy atom. The van der Waals surface area contributed by atoms with Crippen LogP contribution in [0, 0.1) is 0 Å². The van der Waals surface area contributed by atoms with E-state index >= 15 is 0 Å². The molecule has 2 aliphatic heterocycles. The second-order valence-corrected chi connectivity index (χ2v) is 9.48. The van der Waals surface area contributed by atoms with E-state index in [-0.39, 0.29) is 12.3 Å². The van der Waals surface area contributed by atoms with Gasteiger partial charge >= 0.3 is 0 Å². The molecule has 0 amide bonds. The fraction of sp³-hybridized carbons (Fsp3) is 0.240. The SMILES string of the molecule is CC(C)c1ccc([C@H]2Oc3ccc(Br)cc3[C@H]3CC(c4ccc(Cl)cc4)=NN32)cc1. The van der Waals surface area contributed by atoms with E-state index in [1.807, 2.05) is 36.4 Å². The zero-order valence-corrected chi connectivity index (χ0v) is 19.2. The topological polar surface area (TPSA) is 24.8 Å². The number of hydrogen-bond donors (Lipinski definition) is 0. The van der Waals surface area contributed by atoms with Gasteiger partial charge in [0.25, 0.3) is 0 Å². The number of halogens is 2. The normalized spacial score (nSPS) is 19.9. The Morgan fingerprint density at radius 3 is 2.47 bits per heavy atom. The molecule has 3 aromatic rings. The third kappa shape index (κ3) is 3.52. The summed E-state index contributed by atoms with van der Waals surface area (Å²) in [6, 6.07) is 23.0. The quantitative estimate of drug-likeness (QED) is 0.387. The number of hydrazone groups is 1.